The molecule has 24 heavy (non-hydrogen) atoms. The van der Waals surface area contributed by atoms with E-state index in [9.17, 15) is 18.8 Å². The minimum Gasteiger partial charge on any atom is -0.336 e. The summed E-state index contributed by atoms with van der Waals surface area (Å²) < 4.78 is 13.7. The number of anilines is 1. The Bertz CT molecular complexity index is 808. The van der Waals surface area contributed by atoms with Gasteiger partial charge in [-0.2, -0.15) is 0 Å². The highest BCUT2D eigenvalue weighted by atomic mass is 19.1. The van der Waals surface area contributed by atoms with Crippen molar-refractivity contribution in [3.8, 4) is 0 Å². The number of para-hydroxylation sites is 1. The molecule has 0 bridgehead atoms. The van der Waals surface area contributed by atoms with E-state index in [0.717, 1.165) is 11.0 Å². The van der Waals surface area contributed by atoms with Crippen molar-refractivity contribution in [3.63, 3.8) is 0 Å². The molecule has 0 aliphatic carbocycles. The fourth-order valence-corrected chi connectivity index (χ4v) is 2.47. The average molecular weight is 327 g/mol. The zero-order chi connectivity index (χ0) is 17.1. The number of halogens is 1. The normalized spacial score (nSPS) is 13.0. The lowest BCUT2D eigenvalue weighted by atomic mass is 10.1. The van der Waals surface area contributed by atoms with Crippen LogP contribution in [0.5, 0.6) is 0 Å². The molecule has 0 saturated heterocycles. The van der Waals surface area contributed by atoms with E-state index in [4.69, 9.17) is 0 Å². The number of nitrogens with one attached hydrogen (secondary N) is 2. The first-order valence-corrected chi connectivity index (χ1v) is 7.32. The number of rotatable bonds is 4. The number of urea groups is 1. The lowest BCUT2D eigenvalue weighted by Gasteiger charge is -2.14. The summed E-state index contributed by atoms with van der Waals surface area (Å²) in [6.45, 7) is 0.0275. The Kier molecular flexibility index (Phi) is 4.24. The van der Waals surface area contributed by atoms with E-state index in [-0.39, 0.29) is 24.2 Å². The number of imide groups is 1. The van der Waals surface area contributed by atoms with Gasteiger partial charge < -0.3 is 10.6 Å². The maximum absolute atomic E-state index is 13.7. The van der Waals surface area contributed by atoms with Crippen molar-refractivity contribution in [2.24, 2.45) is 0 Å². The van der Waals surface area contributed by atoms with Crippen LogP contribution in [0, 0.1) is 5.82 Å². The minimum atomic E-state index is -0.719. The first-order chi connectivity index (χ1) is 11.6. The quantitative estimate of drug-likeness (QED) is 0.846. The van der Waals surface area contributed by atoms with Crippen molar-refractivity contribution in [1.29, 1.82) is 0 Å². The molecule has 2 aromatic carbocycles. The Morgan fingerprint density at radius 2 is 1.75 bits per heavy atom. The summed E-state index contributed by atoms with van der Waals surface area (Å²) in [5.41, 5.74) is 0.461. The van der Waals surface area contributed by atoms with E-state index in [2.05, 4.69) is 10.6 Å². The summed E-state index contributed by atoms with van der Waals surface area (Å²) >= 11 is 0. The molecule has 2 N–H and O–H groups in total. The smallest absolute Gasteiger partial charge is 0.319 e. The van der Waals surface area contributed by atoms with E-state index < -0.39 is 23.7 Å². The van der Waals surface area contributed by atoms with E-state index in [1.807, 2.05) is 6.07 Å². The zero-order valence-corrected chi connectivity index (χ0v) is 12.6. The molecule has 3 rings (SSSR count). The fourth-order valence-electron chi connectivity index (χ4n) is 2.47. The molecule has 0 fully saturated rings. The van der Waals surface area contributed by atoms with Crippen LogP contribution < -0.4 is 10.6 Å². The molecule has 2 aromatic rings. The Morgan fingerprint density at radius 3 is 2.46 bits per heavy atom. The predicted octanol–water partition coefficient (Wildman–Crippen LogP) is 2.24. The van der Waals surface area contributed by atoms with Gasteiger partial charge in [-0.1, -0.05) is 24.3 Å². The topological polar surface area (TPSA) is 78.5 Å². The molecule has 0 atom stereocenters. The maximum atomic E-state index is 13.7. The predicted molar refractivity (Wildman–Crippen MR) is 85.2 cm³/mol. The molecule has 1 aliphatic heterocycles. The average Bonchev–Trinajstić information content (AvgIpc) is 2.81. The van der Waals surface area contributed by atoms with Gasteiger partial charge in [0, 0.05) is 18.8 Å². The molecular formula is C17H14FN3O3. The Labute approximate surface area is 137 Å². The van der Waals surface area contributed by atoms with Gasteiger partial charge in [-0.25, -0.2) is 9.18 Å². The van der Waals surface area contributed by atoms with Crippen LogP contribution in [-0.2, 0) is 0 Å². The van der Waals surface area contributed by atoms with Crippen molar-refractivity contribution >= 4 is 23.5 Å². The summed E-state index contributed by atoms with van der Waals surface area (Å²) in [5, 5.41) is 5.17. The van der Waals surface area contributed by atoms with Gasteiger partial charge in [0.15, 0.2) is 0 Å². The lowest BCUT2D eigenvalue weighted by Crippen LogP contribution is -2.39. The highest BCUT2D eigenvalue weighted by molar-refractivity contribution is 6.21. The molecule has 1 heterocycles. The van der Waals surface area contributed by atoms with Gasteiger partial charge >= 0.3 is 6.03 Å². The van der Waals surface area contributed by atoms with Gasteiger partial charge in [-0.15, -0.1) is 0 Å². The maximum Gasteiger partial charge on any atom is 0.319 e. The second-order valence-electron chi connectivity index (χ2n) is 5.17. The van der Waals surface area contributed by atoms with Crippen LogP contribution >= 0.6 is 0 Å². The molecule has 1 aliphatic rings. The van der Waals surface area contributed by atoms with Crippen LogP contribution in [-0.4, -0.2) is 35.8 Å². The molecule has 6 nitrogen and oxygen atoms in total. The molecule has 122 valence electrons. The Morgan fingerprint density at radius 1 is 1.00 bits per heavy atom. The number of nitrogens with zero attached hydrogens (tertiary/aromatic N) is 1. The Balaban J connectivity index is 1.56. The van der Waals surface area contributed by atoms with Crippen LogP contribution in [0.15, 0.2) is 48.5 Å². The van der Waals surface area contributed by atoms with Crippen LogP contribution in [0.1, 0.15) is 20.7 Å². The van der Waals surface area contributed by atoms with Crippen LogP contribution in [0.3, 0.4) is 0 Å². The van der Waals surface area contributed by atoms with Gasteiger partial charge in [0.2, 0.25) is 0 Å². The van der Waals surface area contributed by atoms with Crippen LogP contribution in [0.4, 0.5) is 14.9 Å². The van der Waals surface area contributed by atoms with Crippen molar-refractivity contribution < 1.29 is 18.8 Å². The van der Waals surface area contributed by atoms with Crippen molar-refractivity contribution in [2.45, 2.75) is 0 Å². The summed E-state index contributed by atoms with van der Waals surface area (Å²) in [7, 11) is 0. The third-order valence-corrected chi connectivity index (χ3v) is 3.60. The first-order valence-electron chi connectivity index (χ1n) is 7.32. The van der Waals surface area contributed by atoms with Gasteiger partial charge in [-0.3, -0.25) is 14.5 Å². The number of amides is 4. The van der Waals surface area contributed by atoms with Gasteiger partial charge in [0.05, 0.1) is 11.1 Å². The second-order valence-corrected chi connectivity index (χ2v) is 5.17. The third-order valence-electron chi connectivity index (χ3n) is 3.60. The molecule has 0 saturated carbocycles. The number of hydrogen-bond donors (Lipinski definition) is 2. The summed E-state index contributed by atoms with van der Waals surface area (Å²) in [5.74, 6) is -1.96. The molecule has 0 aromatic heterocycles. The third kappa shape index (κ3) is 2.96. The molecule has 4 amide bonds. The summed E-state index contributed by atoms with van der Waals surface area (Å²) in [6, 6.07) is 12.3. The highest BCUT2D eigenvalue weighted by Gasteiger charge is 2.37. The Hall–Kier alpha value is -3.22. The van der Waals surface area contributed by atoms with Gasteiger partial charge in [-0.05, 0) is 24.3 Å². The fraction of sp³-hybridized carbons (Fsp3) is 0.118. The monoisotopic (exact) mass is 327 g/mol. The summed E-state index contributed by atoms with van der Waals surface area (Å²) in [6.07, 6.45) is 0. The van der Waals surface area contributed by atoms with Crippen molar-refractivity contribution in [1.82, 2.24) is 10.2 Å². The van der Waals surface area contributed by atoms with Crippen molar-refractivity contribution in [2.75, 3.05) is 18.4 Å². The zero-order valence-electron chi connectivity index (χ0n) is 12.6. The van der Waals surface area contributed by atoms with E-state index in [1.54, 1.807) is 24.3 Å². The number of hydrogen-bond acceptors (Lipinski definition) is 3. The largest absolute Gasteiger partial charge is 0.336 e. The standard InChI is InChI=1S/C17H14FN3O3/c18-13-8-4-7-12-14(13)16(23)21(15(12)22)10-9-19-17(24)20-11-5-2-1-3-6-11/h1-8H,9-10H2,(H2,19,20,24). The minimum absolute atomic E-state index is 0.0337. The SMILES string of the molecule is O=C(NCCN1C(=O)c2cccc(F)c2C1=O)Nc1ccccc1. The molecule has 0 unspecified atom stereocenters. The van der Waals surface area contributed by atoms with E-state index in [1.165, 1.54) is 12.1 Å². The molecular weight excluding hydrogens is 313 g/mol. The lowest BCUT2D eigenvalue weighted by molar-refractivity contribution is 0.0655. The van der Waals surface area contributed by atoms with E-state index in [0.29, 0.717) is 5.69 Å². The molecule has 7 heteroatoms. The second kappa shape index (κ2) is 6.49. The van der Waals surface area contributed by atoms with Gasteiger partial charge in [0.1, 0.15) is 5.82 Å². The molecule has 0 radical (unpaired) electrons. The first kappa shape index (κ1) is 15.7. The van der Waals surface area contributed by atoms with Crippen LogP contribution in [0.2, 0.25) is 0 Å². The van der Waals surface area contributed by atoms with E-state index >= 15 is 0 Å². The highest BCUT2D eigenvalue weighted by Crippen LogP contribution is 2.24. The molecule has 0 spiro atoms. The van der Waals surface area contributed by atoms with Crippen LogP contribution in [0.25, 0.3) is 0 Å². The van der Waals surface area contributed by atoms with Crippen molar-refractivity contribution in [3.05, 3.63) is 65.5 Å². The number of carbonyl (C=O) groups is 3. The number of fused-ring (bicyclic) bond motifs is 1. The van der Waals surface area contributed by atoms with Gasteiger partial charge in [0.25, 0.3) is 11.8 Å². The summed E-state index contributed by atoms with van der Waals surface area (Å²) in [4.78, 5) is 36.9. The number of benzene rings is 2. The number of carbonyl (C=O) groups excluding carboxylic acids is 3.